The minimum Gasteiger partial charge on any atom is -0.329 e. The fourth-order valence-corrected chi connectivity index (χ4v) is 2.55. The summed E-state index contributed by atoms with van der Waals surface area (Å²) in [6.45, 7) is 9.54. The van der Waals surface area contributed by atoms with E-state index in [-0.39, 0.29) is 5.54 Å². The Morgan fingerprint density at radius 2 is 2.06 bits per heavy atom. The molecule has 1 N–H and O–H groups in total. The van der Waals surface area contributed by atoms with Gasteiger partial charge in [0.2, 0.25) is 0 Å². The smallest absolute Gasteiger partial charge is 0.129 e. The van der Waals surface area contributed by atoms with Crippen LogP contribution in [0.25, 0.3) is 11.0 Å². The fraction of sp³-hybridized carbons (Fsp3) is 0.500. The normalized spacial score (nSPS) is 12.3. The van der Waals surface area contributed by atoms with Gasteiger partial charge in [-0.25, -0.2) is 4.98 Å². The zero-order valence-electron chi connectivity index (χ0n) is 11.3. The third-order valence-corrected chi connectivity index (χ3v) is 3.27. The number of fused-ring (bicyclic) bond motifs is 1. The Morgan fingerprint density at radius 1 is 1.35 bits per heavy atom. The lowest BCUT2D eigenvalue weighted by Gasteiger charge is -2.25. The molecule has 3 nitrogen and oxygen atoms in total. The summed E-state index contributed by atoms with van der Waals surface area (Å²) in [5.74, 6) is 1.09. The molecule has 1 aromatic heterocycles. The Bertz CT molecular complexity index is 538. The lowest BCUT2D eigenvalue weighted by molar-refractivity contribution is 0.382. The van der Waals surface area contributed by atoms with Crippen LogP contribution in [0.3, 0.4) is 0 Å². The molecule has 0 spiro atoms. The topological polar surface area (TPSA) is 29.9 Å². The molecule has 0 radical (unpaired) electrons. The van der Waals surface area contributed by atoms with Gasteiger partial charge in [0.25, 0.3) is 0 Å². The summed E-state index contributed by atoms with van der Waals surface area (Å²) in [7, 11) is 2.09. The largest absolute Gasteiger partial charge is 0.329 e. The molecular formula is C14H21N3. The van der Waals surface area contributed by atoms with Gasteiger partial charge in [-0.3, -0.25) is 0 Å². The minimum absolute atomic E-state index is 0.102. The van der Waals surface area contributed by atoms with Crippen molar-refractivity contribution in [3.63, 3.8) is 0 Å². The molecule has 1 heterocycles. The van der Waals surface area contributed by atoms with Gasteiger partial charge in [0.1, 0.15) is 5.82 Å². The van der Waals surface area contributed by atoms with Gasteiger partial charge in [-0.15, -0.1) is 0 Å². The van der Waals surface area contributed by atoms with Crippen molar-refractivity contribution in [2.24, 2.45) is 7.05 Å². The third kappa shape index (κ3) is 1.95. The Kier molecular flexibility index (Phi) is 2.96. The molecule has 0 saturated carbocycles. The van der Waals surface area contributed by atoms with Gasteiger partial charge in [-0.05, 0) is 38.9 Å². The van der Waals surface area contributed by atoms with E-state index in [4.69, 9.17) is 4.98 Å². The average molecular weight is 231 g/mol. The maximum Gasteiger partial charge on any atom is 0.129 e. The molecule has 17 heavy (non-hydrogen) atoms. The molecule has 3 heteroatoms. The van der Waals surface area contributed by atoms with Crippen LogP contribution in [0.2, 0.25) is 0 Å². The molecule has 2 aromatic rings. The van der Waals surface area contributed by atoms with Gasteiger partial charge >= 0.3 is 0 Å². The number of aryl methyl sites for hydroxylation is 2. The minimum atomic E-state index is -0.102. The molecule has 0 fully saturated rings. The highest BCUT2D eigenvalue weighted by atomic mass is 15.1. The molecule has 0 atom stereocenters. The number of hydrogen-bond donors (Lipinski definition) is 1. The SMILES string of the molecule is CCNC(C)(C)c1nc2cccc(C)c2n1C. The highest BCUT2D eigenvalue weighted by Gasteiger charge is 2.25. The van der Waals surface area contributed by atoms with E-state index in [2.05, 4.69) is 62.8 Å². The standard InChI is InChI=1S/C14H21N3/c1-6-15-14(3,4)13-16-11-9-7-8-10(2)12(11)17(13)5/h7-9,15H,6H2,1-5H3. The maximum atomic E-state index is 4.76. The summed E-state index contributed by atoms with van der Waals surface area (Å²) < 4.78 is 2.20. The van der Waals surface area contributed by atoms with Crippen molar-refractivity contribution in [2.75, 3.05) is 6.54 Å². The molecule has 0 bridgehead atoms. The molecule has 0 saturated heterocycles. The van der Waals surface area contributed by atoms with Crippen LogP contribution in [0.4, 0.5) is 0 Å². The summed E-state index contributed by atoms with van der Waals surface area (Å²) in [4.78, 5) is 4.76. The zero-order valence-corrected chi connectivity index (χ0v) is 11.3. The molecule has 0 aliphatic heterocycles. The average Bonchev–Trinajstić information content (AvgIpc) is 2.58. The molecule has 0 amide bonds. The van der Waals surface area contributed by atoms with Gasteiger partial charge in [0.05, 0.1) is 16.6 Å². The quantitative estimate of drug-likeness (QED) is 0.880. The predicted octanol–water partition coefficient (Wildman–Crippen LogP) is 2.73. The summed E-state index contributed by atoms with van der Waals surface area (Å²) in [5.41, 5.74) is 3.48. The van der Waals surface area contributed by atoms with E-state index in [1.165, 1.54) is 11.1 Å². The first-order valence-electron chi connectivity index (χ1n) is 6.15. The van der Waals surface area contributed by atoms with Crippen LogP contribution in [0, 0.1) is 6.92 Å². The van der Waals surface area contributed by atoms with Crippen molar-refractivity contribution in [3.8, 4) is 0 Å². The van der Waals surface area contributed by atoms with E-state index in [0.717, 1.165) is 17.9 Å². The van der Waals surface area contributed by atoms with E-state index in [9.17, 15) is 0 Å². The first kappa shape index (κ1) is 12.1. The molecular weight excluding hydrogens is 210 g/mol. The van der Waals surface area contributed by atoms with Crippen molar-refractivity contribution in [1.82, 2.24) is 14.9 Å². The van der Waals surface area contributed by atoms with Crippen LogP contribution in [0.5, 0.6) is 0 Å². The van der Waals surface area contributed by atoms with Crippen LogP contribution < -0.4 is 5.32 Å². The monoisotopic (exact) mass is 231 g/mol. The zero-order chi connectivity index (χ0) is 12.6. The van der Waals surface area contributed by atoms with E-state index in [1.54, 1.807) is 0 Å². The van der Waals surface area contributed by atoms with Crippen LogP contribution in [0.1, 0.15) is 32.2 Å². The third-order valence-electron chi connectivity index (χ3n) is 3.27. The van der Waals surface area contributed by atoms with Crippen molar-refractivity contribution in [2.45, 2.75) is 33.2 Å². The number of nitrogens with one attached hydrogen (secondary N) is 1. The predicted molar refractivity (Wildman–Crippen MR) is 72.2 cm³/mol. The molecule has 92 valence electrons. The number of para-hydroxylation sites is 1. The first-order valence-corrected chi connectivity index (χ1v) is 6.15. The number of aromatic nitrogens is 2. The van der Waals surface area contributed by atoms with Gasteiger partial charge in [-0.2, -0.15) is 0 Å². The van der Waals surface area contributed by atoms with E-state index in [1.807, 2.05) is 0 Å². The van der Waals surface area contributed by atoms with Crippen molar-refractivity contribution >= 4 is 11.0 Å². The lowest BCUT2D eigenvalue weighted by Crippen LogP contribution is -2.38. The van der Waals surface area contributed by atoms with Gasteiger partial charge in [-0.1, -0.05) is 19.1 Å². The summed E-state index contributed by atoms with van der Waals surface area (Å²) in [6, 6.07) is 6.27. The first-order chi connectivity index (χ1) is 7.97. The number of imidazole rings is 1. The van der Waals surface area contributed by atoms with Crippen LogP contribution in [-0.4, -0.2) is 16.1 Å². The van der Waals surface area contributed by atoms with Crippen molar-refractivity contribution in [1.29, 1.82) is 0 Å². The Labute approximate surface area is 103 Å². The lowest BCUT2D eigenvalue weighted by atomic mass is 10.0. The maximum absolute atomic E-state index is 4.76. The highest BCUT2D eigenvalue weighted by Crippen LogP contribution is 2.25. The second-order valence-corrected chi connectivity index (χ2v) is 5.09. The van der Waals surface area contributed by atoms with Crippen LogP contribution in [0.15, 0.2) is 18.2 Å². The van der Waals surface area contributed by atoms with Gasteiger partial charge < -0.3 is 9.88 Å². The number of nitrogens with zero attached hydrogens (tertiary/aromatic N) is 2. The van der Waals surface area contributed by atoms with Crippen LogP contribution >= 0.6 is 0 Å². The van der Waals surface area contributed by atoms with Crippen LogP contribution in [-0.2, 0) is 12.6 Å². The second kappa shape index (κ2) is 4.15. The molecule has 0 aliphatic rings. The van der Waals surface area contributed by atoms with Gasteiger partial charge in [0.15, 0.2) is 0 Å². The fourth-order valence-electron chi connectivity index (χ4n) is 2.55. The van der Waals surface area contributed by atoms with E-state index >= 15 is 0 Å². The molecule has 1 aromatic carbocycles. The van der Waals surface area contributed by atoms with Crippen molar-refractivity contribution in [3.05, 3.63) is 29.6 Å². The van der Waals surface area contributed by atoms with E-state index < -0.39 is 0 Å². The number of rotatable bonds is 3. The van der Waals surface area contributed by atoms with E-state index in [0.29, 0.717) is 0 Å². The van der Waals surface area contributed by atoms with Crippen molar-refractivity contribution < 1.29 is 0 Å². The summed E-state index contributed by atoms with van der Waals surface area (Å²) in [6.07, 6.45) is 0. The number of hydrogen-bond acceptors (Lipinski definition) is 2. The molecule has 2 rings (SSSR count). The Hall–Kier alpha value is -1.35. The van der Waals surface area contributed by atoms with Gasteiger partial charge in [0, 0.05) is 7.05 Å². The number of benzene rings is 1. The Morgan fingerprint density at radius 3 is 2.65 bits per heavy atom. The summed E-state index contributed by atoms with van der Waals surface area (Å²) >= 11 is 0. The highest BCUT2D eigenvalue weighted by molar-refractivity contribution is 5.79. The molecule has 0 unspecified atom stereocenters. The second-order valence-electron chi connectivity index (χ2n) is 5.09. The summed E-state index contributed by atoms with van der Waals surface area (Å²) in [5, 5.41) is 3.48. The molecule has 0 aliphatic carbocycles. The Balaban J connectivity index is 2.64.